The molecule has 1 fully saturated rings. The van der Waals surface area contributed by atoms with Crippen molar-refractivity contribution in [2.75, 3.05) is 10.6 Å². The number of nitrogens with one attached hydrogen (secondary N) is 2. The lowest BCUT2D eigenvalue weighted by molar-refractivity contribution is -0.137. The summed E-state index contributed by atoms with van der Waals surface area (Å²) >= 11 is 1.11. The molecule has 5 rings (SSSR count). The number of amides is 2. The third kappa shape index (κ3) is 7.02. The number of hydrogen-bond acceptors (Lipinski definition) is 6. The Morgan fingerprint density at radius 1 is 0.976 bits per heavy atom. The van der Waals surface area contributed by atoms with Crippen molar-refractivity contribution in [2.24, 2.45) is 5.92 Å². The Hall–Kier alpha value is -4.10. The fourth-order valence-electron chi connectivity index (χ4n) is 4.63. The molecule has 4 aromatic rings. The maximum absolute atomic E-state index is 14.9. The maximum atomic E-state index is 14.9. The predicted octanol–water partition coefficient (Wildman–Crippen LogP) is 7.06. The van der Waals surface area contributed by atoms with E-state index in [1.54, 1.807) is 0 Å². The summed E-state index contributed by atoms with van der Waals surface area (Å²) in [5.74, 6) is -3.04. The molecule has 0 saturated heterocycles. The Balaban J connectivity index is 1.27. The van der Waals surface area contributed by atoms with Crippen molar-refractivity contribution in [2.45, 2.75) is 44.4 Å². The average Bonchev–Trinajstić information content (AvgIpc) is 3.31. The Morgan fingerprint density at radius 3 is 2.48 bits per heavy atom. The zero-order chi connectivity index (χ0) is 30.0. The molecular formula is C29H24F5N3O4S. The van der Waals surface area contributed by atoms with Gasteiger partial charge >= 0.3 is 6.18 Å². The number of fused-ring (bicyclic) bond motifs is 1. The monoisotopic (exact) mass is 605 g/mol. The van der Waals surface area contributed by atoms with Gasteiger partial charge in [-0.05, 0) is 49.4 Å². The molecule has 0 bridgehead atoms. The molecule has 220 valence electrons. The van der Waals surface area contributed by atoms with Gasteiger partial charge in [-0.3, -0.25) is 9.59 Å². The van der Waals surface area contributed by atoms with Gasteiger partial charge in [0, 0.05) is 24.1 Å². The van der Waals surface area contributed by atoms with Crippen LogP contribution >= 0.6 is 11.3 Å². The first-order chi connectivity index (χ1) is 19.9. The van der Waals surface area contributed by atoms with E-state index >= 15 is 0 Å². The van der Waals surface area contributed by atoms with Gasteiger partial charge < -0.3 is 20.5 Å². The van der Waals surface area contributed by atoms with Crippen molar-refractivity contribution in [1.82, 2.24) is 4.98 Å². The number of rotatable bonds is 7. The number of hydrogen-bond donors (Lipinski definition) is 3. The largest absolute Gasteiger partial charge is 0.454 e. The van der Waals surface area contributed by atoms with Crippen molar-refractivity contribution >= 4 is 44.2 Å². The summed E-state index contributed by atoms with van der Waals surface area (Å²) in [7, 11) is 0. The lowest BCUT2D eigenvalue weighted by Crippen LogP contribution is -2.28. The molecule has 13 heteroatoms. The van der Waals surface area contributed by atoms with Crippen LogP contribution in [0.2, 0.25) is 0 Å². The first-order valence-corrected chi connectivity index (χ1v) is 13.8. The minimum Gasteiger partial charge on any atom is -0.454 e. The second-order valence-electron chi connectivity index (χ2n) is 9.93. The number of aliphatic hydroxyl groups excluding tert-OH is 1. The number of halogens is 5. The van der Waals surface area contributed by atoms with E-state index in [-0.39, 0.29) is 39.7 Å². The summed E-state index contributed by atoms with van der Waals surface area (Å²) in [5, 5.41) is 15.0. The summed E-state index contributed by atoms with van der Waals surface area (Å²) in [4.78, 5) is 29.3. The summed E-state index contributed by atoms with van der Waals surface area (Å²) in [5.41, 5.74) is -0.832. The smallest absolute Gasteiger partial charge is 0.416 e. The SMILES string of the molecule is O=C(Cc1cccc(C(F)(F)F)c1)Nc1cc(Oc2cc3sc(NC(=O)C4CCC(O)CC4)nc3cc2F)ccc1F. The van der Waals surface area contributed by atoms with Crippen LogP contribution in [0, 0.1) is 17.6 Å². The molecule has 1 aliphatic rings. The molecule has 0 spiro atoms. The number of carbonyl (C=O) groups is 2. The van der Waals surface area contributed by atoms with Crippen LogP contribution in [0.5, 0.6) is 11.5 Å². The molecule has 2 amide bonds. The second kappa shape index (κ2) is 12.0. The minimum atomic E-state index is -4.57. The van der Waals surface area contributed by atoms with E-state index < -0.39 is 41.8 Å². The summed E-state index contributed by atoms with van der Waals surface area (Å²) in [6, 6.07) is 10.1. The van der Waals surface area contributed by atoms with E-state index in [4.69, 9.17) is 4.74 Å². The molecule has 0 atom stereocenters. The van der Waals surface area contributed by atoms with Crippen LogP contribution < -0.4 is 15.4 Å². The number of aliphatic hydroxyl groups is 1. The fraction of sp³-hybridized carbons (Fsp3) is 0.276. The van der Waals surface area contributed by atoms with E-state index in [0.717, 1.165) is 41.7 Å². The lowest BCUT2D eigenvalue weighted by atomic mass is 9.87. The molecule has 1 aromatic heterocycles. The first-order valence-electron chi connectivity index (χ1n) is 13.0. The Labute approximate surface area is 240 Å². The molecule has 7 nitrogen and oxygen atoms in total. The van der Waals surface area contributed by atoms with Crippen molar-refractivity contribution in [1.29, 1.82) is 0 Å². The Bertz CT molecular complexity index is 1630. The molecule has 3 N–H and O–H groups in total. The molecule has 1 heterocycles. The number of nitrogens with zero attached hydrogens (tertiary/aromatic N) is 1. The highest BCUT2D eigenvalue weighted by Gasteiger charge is 2.30. The Morgan fingerprint density at radius 2 is 1.74 bits per heavy atom. The molecule has 42 heavy (non-hydrogen) atoms. The van der Waals surface area contributed by atoms with Crippen molar-refractivity contribution < 1.29 is 41.4 Å². The minimum absolute atomic E-state index is 0.0125. The summed E-state index contributed by atoms with van der Waals surface area (Å²) in [6.45, 7) is 0. The average molecular weight is 606 g/mol. The number of aromatic nitrogens is 1. The standard InChI is InChI=1S/C29H24F5N3O4S/c30-20-9-8-19(12-22(20)35-26(39)11-15-2-1-3-17(10-15)29(32,33)34)41-24-14-25-23(13-21(24)31)36-28(42-25)37-27(40)16-4-6-18(38)7-5-16/h1-3,8-10,12-14,16,18,38H,4-7,11H2,(H,35,39)(H,36,37,40). The summed E-state index contributed by atoms with van der Waals surface area (Å²) in [6.07, 6.45) is -3.17. The molecule has 1 aliphatic carbocycles. The van der Waals surface area contributed by atoms with Gasteiger partial charge in [-0.25, -0.2) is 13.8 Å². The topological polar surface area (TPSA) is 101 Å². The van der Waals surface area contributed by atoms with Gasteiger partial charge in [0.25, 0.3) is 0 Å². The molecule has 0 radical (unpaired) electrons. The number of carbonyl (C=O) groups excluding carboxylic acids is 2. The van der Waals surface area contributed by atoms with Crippen LogP contribution in [0.15, 0.2) is 54.6 Å². The van der Waals surface area contributed by atoms with E-state index in [2.05, 4.69) is 15.6 Å². The highest BCUT2D eigenvalue weighted by Crippen LogP contribution is 2.35. The van der Waals surface area contributed by atoms with Crippen molar-refractivity contribution in [3.63, 3.8) is 0 Å². The molecule has 3 aromatic carbocycles. The van der Waals surface area contributed by atoms with E-state index in [0.29, 0.717) is 35.9 Å². The number of alkyl halides is 3. The quantitative estimate of drug-likeness (QED) is 0.196. The number of ether oxygens (including phenoxy) is 1. The maximum Gasteiger partial charge on any atom is 0.416 e. The van der Waals surface area contributed by atoms with Gasteiger partial charge in [0.2, 0.25) is 11.8 Å². The third-order valence-corrected chi connectivity index (χ3v) is 7.73. The number of anilines is 2. The van der Waals surface area contributed by atoms with Gasteiger partial charge in [-0.15, -0.1) is 0 Å². The van der Waals surface area contributed by atoms with Crippen LogP contribution in [0.3, 0.4) is 0 Å². The predicted molar refractivity (Wildman–Crippen MR) is 146 cm³/mol. The van der Waals surface area contributed by atoms with Gasteiger partial charge in [0.05, 0.1) is 34.0 Å². The van der Waals surface area contributed by atoms with Gasteiger partial charge in [0.1, 0.15) is 11.6 Å². The highest BCUT2D eigenvalue weighted by atomic mass is 32.1. The van der Waals surface area contributed by atoms with E-state index in [1.807, 2.05) is 0 Å². The molecular weight excluding hydrogens is 581 g/mol. The Kier molecular flexibility index (Phi) is 8.41. The third-order valence-electron chi connectivity index (χ3n) is 6.80. The van der Waals surface area contributed by atoms with Crippen LogP contribution in [-0.4, -0.2) is 28.0 Å². The van der Waals surface area contributed by atoms with Gasteiger partial charge in [0.15, 0.2) is 16.7 Å². The summed E-state index contributed by atoms with van der Waals surface area (Å²) < 4.78 is 74.3. The zero-order valence-electron chi connectivity index (χ0n) is 21.8. The van der Waals surface area contributed by atoms with Crippen molar-refractivity contribution in [3.8, 4) is 11.5 Å². The normalized spacial score (nSPS) is 17.2. The van der Waals surface area contributed by atoms with E-state index in [9.17, 15) is 36.6 Å². The van der Waals surface area contributed by atoms with Crippen molar-refractivity contribution in [3.05, 3.63) is 77.4 Å². The first kappa shape index (κ1) is 29.4. The van der Waals surface area contributed by atoms with Gasteiger partial charge in [-0.1, -0.05) is 29.5 Å². The molecule has 0 aliphatic heterocycles. The number of benzene rings is 3. The van der Waals surface area contributed by atoms with Crippen LogP contribution in [0.1, 0.15) is 36.8 Å². The van der Waals surface area contributed by atoms with Crippen LogP contribution in [0.25, 0.3) is 10.2 Å². The highest BCUT2D eigenvalue weighted by molar-refractivity contribution is 7.22. The zero-order valence-corrected chi connectivity index (χ0v) is 22.6. The molecule has 0 unspecified atom stereocenters. The van der Waals surface area contributed by atoms with Crippen LogP contribution in [0.4, 0.5) is 32.8 Å². The van der Waals surface area contributed by atoms with E-state index in [1.165, 1.54) is 24.3 Å². The number of thiazole rings is 1. The van der Waals surface area contributed by atoms with Crippen LogP contribution in [-0.2, 0) is 22.2 Å². The van der Waals surface area contributed by atoms with Gasteiger partial charge in [-0.2, -0.15) is 13.2 Å². The molecule has 1 saturated carbocycles. The fourth-order valence-corrected chi connectivity index (χ4v) is 5.51. The second-order valence-corrected chi connectivity index (χ2v) is 11.0. The lowest BCUT2D eigenvalue weighted by Gasteiger charge is -2.23.